The van der Waals surface area contributed by atoms with E-state index in [1.807, 2.05) is 0 Å². The first kappa shape index (κ1) is 18.0. The number of benzene rings is 2. The van der Waals surface area contributed by atoms with E-state index < -0.39 is 0 Å². The normalized spacial score (nSPS) is 14.8. The number of esters is 1. The van der Waals surface area contributed by atoms with Crippen molar-refractivity contribution >= 4 is 23.3 Å². The molecule has 0 bridgehead atoms. The van der Waals surface area contributed by atoms with Gasteiger partial charge in [0.05, 0.1) is 12.7 Å². The van der Waals surface area contributed by atoms with Crippen LogP contribution in [0.2, 0.25) is 0 Å². The number of hydrogen-bond acceptors (Lipinski definition) is 4. The van der Waals surface area contributed by atoms with Crippen LogP contribution in [0.5, 0.6) is 0 Å². The van der Waals surface area contributed by atoms with Gasteiger partial charge in [-0.1, -0.05) is 17.7 Å². The topological polar surface area (TPSA) is 58.6 Å². The van der Waals surface area contributed by atoms with Crippen LogP contribution in [0, 0.1) is 12.8 Å². The average Bonchev–Trinajstić information content (AvgIpc) is 2.68. The lowest BCUT2D eigenvalue weighted by molar-refractivity contribution is -0.120. The van der Waals surface area contributed by atoms with Gasteiger partial charge in [-0.05, 0) is 56.2 Å². The van der Waals surface area contributed by atoms with Crippen molar-refractivity contribution in [2.45, 2.75) is 19.8 Å². The maximum atomic E-state index is 12.5. The number of carbonyl (C=O) groups is 2. The van der Waals surface area contributed by atoms with Crippen molar-refractivity contribution in [1.29, 1.82) is 0 Å². The van der Waals surface area contributed by atoms with E-state index >= 15 is 0 Å². The molecule has 5 heteroatoms. The van der Waals surface area contributed by atoms with Crippen LogP contribution < -0.4 is 10.2 Å². The van der Waals surface area contributed by atoms with Crippen LogP contribution in [-0.2, 0) is 9.53 Å². The summed E-state index contributed by atoms with van der Waals surface area (Å²) >= 11 is 0. The first-order chi connectivity index (χ1) is 12.6. The molecule has 0 unspecified atom stereocenters. The molecule has 5 nitrogen and oxygen atoms in total. The van der Waals surface area contributed by atoms with Gasteiger partial charge in [0.15, 0.2) is 0 Å². The molecule has 0 radical (unpaired) electrons. The Bertz CT molecular complexity index is 761. The number of ether oxygens (including phenoxy) is 1. The second kappa shape index (κ2) is 8.04. The predicted molar refractivity (Wildman–Crippen MR) is 103 cm³/mol. The highest BCUT2D eigenvalue weighted by molar-refractivity contribution is 5.94. The number of nitrogens with one attached hydrogen (secondary N) is 1. The lowest BCUT2D eigenvalue weighted by Crippen LogP contribution is -2.38. The zero-order valence-electron chi connectivity index (χ0n) is 15.2. The van der Waals surface area contributed by atoms with E-state index in [0.29, 0.717) is 11.3 Å². The van der Waals surface area contributed by atoms with Gasteiger partial charge >= 0.3 is 5.97 Å². The van der Waals surface area contributed by atoms with Gasteiger partial charge in [0.25, 0.3) is 0 Å². The number of nitrogens with zero attached hydrogens (tertiary/aromatic N) is 1. The van der Waals surface area contributed by atoms with E-state index in [0.717, 1.165) is 25.9 Å². The van der Waals surface area contributed by atoms with Crippen molar-refractivity contribution in [3.05, 3.63) is 59.7 Å². The van der Waals surface area contributed by atoms with Gasteiger partial charge in [0.1, 0.15) is 0 Å². The molecule has 0 spiro atoms. The van der Waals surface area contributed by atoms with Gasteiger partial charge in [0, 0.05) is 30.4 Å². The summed E-state index contributed by atoms with van der Waals surface area (Å²) in [4.78, 5) is 26.3. The number of rotatable bonds is 4. The molecule has 26 heavy (non-hydrogen) atoms. The summed E-state index contributed by atoms with van der Waals surface area (Å²) in [6.45, 7) is 3.84. The molecule has 1 amide bonds. The van der Waals surface area contributed by atoms with E-state index in [1.165, 1.54) is 18.4 Å². The number of amides is 1. The monoisotopic (exact) mass is 352 g/mol. The third kappa shape index (κ3) is 4.23. The van der Waals surface area contributed by atoms with Crippen LogP contribution in [0.3, 0.4) is 0 Å². The second-order valence-electron chi connectivity index (χ2n) is 6.66. The summed E-state index contributed by atoms with van der Waals surface area (Å²) in [5.74, 6) is -0.331. The number of piperidine rings is 1. The number of carbonyl (C=O) groups excluding carboxylic acids is 2. The summed E-state index contributed by atoms with van der Waals surface area (Å²) in [7, 11) is 1.35. The summed E-state index contributed by atoms with van der Waals surface area (Å²) < 4.78 is 4.67. The standard InChI is InChI=1S/C21H24N2O3/c1-15-3-9-19(10-4-15)23-13-11-16(12-14-23)20(24)22-18-7-5-17(6-8-18)21(25)26-2/h3-10,16H,11-14H2,1-2H3,(H,22,24). The Morgan fingerprint density at radius 3 is 2.19 bits per heavy atom. The first-order valence-corrected chi connectivity index (χ1v) is 8.87. The SMILES string of the molecule is COC(=O)c1ccc(NC(=O)C2CCN(c3ccc(C)cc3)CC2)cc1. The van der Waals surface area contributed by atoms with Crippen LogP contribution in [0.1, 0.15) is 28.8 Å². The summed E-state index contributed by atoms with van der Waals surface area (Å²) in [5, 5.41) is 2.95. The minimum absolute atomic E-state index is 0.0111. The van der Waals surface area contributed by atoms with Crippen molar-refractivity contribution in [1.82, 2.24) is 0 Å². The van der Waals surface area contributed by atoms with Crippen molar-refractivity contribution in [3.63, 3.8) is 0 Å². The Labute approximate surface area is 154 Å². The highest BCUT2D eigenvalue weighted by atomic mass is 16.5. The van der Waals surface area contributed by atoms with Gasteiger partial charge < -0.3 is 15.0 Å². The molecule has 1 saturated heterocycles. The zero-order valence-corrected chi connectivity index (χ0v) is 15.2. The summed E-state index contributed by atoms with van der Waals surface area (Å²) in [6.07, 6.45) is 1.67. The molecule has 0 atom stereocenters. The number of aryl methyl sites for hydroxylation is 1. The van der Waals surface area contributed by atoms with E-state index in [2.05, 4.69) is 46.1 Å². The van der Waals surface area contributed by atoms with Crippen LogP contribution in [0.4, 0.5) is 11.4 Å². The lowest BCUT2D eigenvalue weighted by atomic mass is 9.95. The second-order valence-corrected chi connectivity index (χ2v) is 6.66. The highest BCUT2D eigenvalue weighted by Gasteiger charge is 2.25. The molecule has 2 aromatic rings. The number of methoxy groups -OCH3 is 1. The van der Waals surface area contributed by atoms with E-state index in [1.54, 1.807) is 24.3 Å². The molecule has 1 heterocycles. The number of hydrogen-bond donors (Lipinski definition) is 1. The summed E-state index contributed by atoms with van der Waals surface area (Å²) in [5.41, 5.74) is 3.63. The Hall–Kier alpha value is -2.82. The molecule has 0 aromatic heterocycles. The molecular weight excluding hydrogens is 328 g/mol. The van der Waals surface area contributed by atoms with Crippen molar-refractivity contribution < 1.29 is 14.3 Å². The Morgan fingerprint density at radius 2 is 1.62 bits per heavy atom. The zero-order chi connectivity index (χ0) is 18.5. The molecule has 1 N–H and O–H groups in total. The van der Waals surface area contributed by atoms with Crippen molar-refractivity contribution in [2.75, 3.05) is 30.4 Å². The third-order valence-corrected chi connectivity index (χ3v) is 4.84. The summed E-state index contributed by atoms with van der Waals surface area (Å²) in [6, 6.07) is 15.3. The quantitative estimate of drug-likeness (QED) is 0.854. The van der Waals surface area contributed by atoms with E-state index in [9.17, 15) is 9.59 Å². The maximum Gasteiger partial charge on any atom is 0.337 e. The van der Waals surface area contributed by atoms with Gasteiger partial charge in [0.2, 0.25) is 5.91 Å². The fourth-order valence-electron chi connectivity index (χ4n) is 3.21. The van der Waals surface area contributed by atoms with Gasteiger partial charge in [-0.15, -0.1) is 0 Å². The Balaban J connectivity index is 1.53. The average molecular weight is 352 g/mol. The molecule has 136 valence electrons. The lowest BCUT2D eigenvalue weighted by Gasteiger charge is -2.33. The van der Waals surface area contributed by atoms with E-state index in [-0.39, 0.29) is 17.8 Å². The van der Waals surface area contributed by atoms with Crippen molar-refractivity contribution in [2.24, 2.45) is 5.92 Å². The molecule has 2 aromatic carbocycles. The smallest absolute Gasteiger partial charge is 0.337 e. The molecule has 1 fully saturated rings. The Morgan fingerprint density at radius 1 is 1.00 bits per heavy atom. The Kier molecular flexibility index (Phi) is 5.56. The van der Waals surface area contributed by atoms with Gasteiger partial charge in [-0.25, -0.2) is 4.79 Å². The predicted octanol–water partition coefficient (Wildman–Crippen LogP) is 3.64. The number of anilines is 2. The minimum atomic E-state index is -0.383. The first-order valence-electron chi connectivity index (χ1n) is 8.87. The molecule has 0 aliphatic carbocycles. The highest BCUT2D eigenvalue weighted by Crippen LogP contribution is 2.24. The maximum absolute atomic E-state index is 12.5. The van der Waals surface area contributed by atoms with Crippen LogP contribution in [-0.4, -0.2) is 32.1 Å². The third-order valence-electron chi connectivity index (χ3n) is 4.84. The van der Waals surface area contributed by atoms with Gasteiger partial charge in [-0.2, -0.15) is 0 Å². The largest absolute Gasteiger partial charge is 0.465 e. The van der Waals surface area contributed by atoms with Crippen LogP contribution >= 0.6 is 0 Å². The molecule has 1 aliphatic rings. The molecule has 0 saturated carbocycles. The molecular formula is C21H24N2O3. The fraction of sp³-hybridized carbons (Fsp3) is 0.333. The van der Waals surface area contributed by atoms with Crippen LogP contribution in [0.15, 0.2) is 48.5 Å². The molecule has 1 aliphatic heterocycles. The van der Waals surface area contributed by atoms with E-state index in [4.69, 9.17) is 0 Å². The van der Waals surface area contributed by atoms with Crippen LogP contribution in [0.25, 0.3) is 0 Å². The van der Waals surface area contributed by atoms with Crippen molar-refractivity contribution in [3.8, 4) is 0 Å². The van der Waals surface area contributed by atoms with Gasteiger partial charge in [-0.3, -0.25) is 4.79 Å². The fourth-order valence-corrected chi connectivity index (χ4v) is 3.21. The minimum Gasteiger partial charge on any atom is -0.465 e. The molecule has 3 rings (SSSR count).